The van der Waals surface area contributed by atoms with Crippen molar-refractivity contribution >= 4 is 23.1 Å². The summed E-state index contributed by atoms with van der Waals surface area (Å²) in [4.78, 5) is 27.4. The lowest BCUT2D eigenvalue weighted by Crippen LogP contribution is -2.53. The summed E-state index contributed by atoms with van der Waals surface area (Å²) in [6.07, 6.45) is 1.68. The topological polar surface area (TPSA) is 96.5 Å². The Hall–Kier alpha value is -2.94. The molecule has 1 N–H and O–H groups in total. The first-order valence-corrected chi connectivity index (χ1v) is 9.44. The molecule has 1 fully saturated rings. The Morgan fingerprint density at radius 3 is 2.32 bits per heavy atom. The van der Waals surface area contributed by atoms with E-state index in [9.17, 15) is 14.9 Å². The SMILES string of the molecule is CC(C(=O)Nc1ccnn1C(C)C)N1CCN(c2ccc([N+](=O)[O-])cc2)CC1. The summed E-state index contributed by atoms with van der Waals surface area (Å²) in [5, 5.41) is 18.0. The number of carbonyl (C=O) groups excluding carboxylic acids is 1. The minimum absolute atomic E-state index is 0.0498. The number of nitrogens with one attached hydrogen (secondary N) is 1. The molecule has 1 aromatic carbocycles. The van der Waals surface area contributed by atoms with Gasteiger partial charge in [0.2, 0.25) is 5.91 Å². The van der Waals surface area contributed by atoms with Crippen molar-refractivity contribution in [2.45, 2.75) is 32.9 Å². The molecule has 1 unspecified atom stereocenters. The van der Waals surface area contributed by atoms with Gasteiger partial charge in [0.05, 0.1) is 17.2 Å². The molecular formula is C19H26N6O3. The molecule has 2 aromatic rings. The highest BCUT2D eigenvalue weighted by atomic mass is 16.6. The van der Waals surface area contributed by atoms with Crippen LogP contribution in [-0.4, -0.2) is 57.7 Å². The monoisotopic (exact) mass is 386 g/mol. The summed E-state index contributed by atoms with van der Waals surface area (Å²) < 4.78 is 1.79. The molecule has 1 amide bonds. The number of hydrogen-bond donors (Lipinski definition) is 1. The lowest BCUT2D eigenvalue weighted by molar-refractivity contribution is -0.384. The minimum Gasteiger partial charge on any atom is -0.369 e. The number of non-ortho nitro benzene ring substituents is 1. The van der Waals surface area contributed by atoms with Gasteiger partial charge in [-0.15, -0.1) is 0 Å². The van der Waals surface area contributed by atoms with E-state index >= 15 is 0 Å². The number of amides is 1. The van der Waals surface area contributed by atoms with Gasteiger partial charge in [0.15, 0.2) is 0 Å². The molecular weight excluding hydrogens is 360 g/mol. The van der Waals surface area contributed by atoms with Crippen LogP contribution in [0.5, 0.6) is 0 Å². The minimum atomic E-state index is -0.396. The van der Waals surface area contributed by atoms with Crippen LogP contribution in [0, 0.1) is 10.1 Å². The molecule has 1 atom stereocenters. The molecule has 9 nitrogen and oxygen atoms in total. The maximum atomic E-state index is 12.7. The van der Waals surface area contributed by atoms with Crippen LogP contribution in [0.15, 0.2) is 36.5 Å². The maximum absolute atomic E-state index is 12.7. The van der Waals surface area contributed by atoms with E-state index in [1.54, 1.807) is 29.1 Å². The largest absolute Gasteiger partial charge is 0.369 e. The lowest BCUT2D eigenvalue weighted by atomic mass is 10.2. The summed E-state index contributed by atoms with van der Waals surface area (Å²) in [5.74, 6) is 0.655. The zero-order valence-electron chi connectivity index (χ0n) is 16.4. The predicted octanol–water partition coefficient (Wildman–Crippen LogP) is 2.52. The van der Waals surface area contributed by atoms with E-state index in [0.717, 1.165) is 31.9 Å². The number of nitro benzene ring substituents is 1. The average molecular weight is 386 g/mol. The van der Waals surface area contributed by atoms with Crippen molar-refractivity contribution in [1.82, 2.24) is 14.7 Å². The summed E-state index contributed by atoms with van der Waals surface area (Å²) in [7, 11) is 0. The van der Waals surface area contributed by atoms with Gasteiger partial charge < -0.3 is 10.2 Å². The smallest absolute Gasteiger partial charge is 0.269 e. The third kappa shape index (κ3) is 4.30. The van der Waals surface area contributed by atoms with Crippen LogP contribution in [0.2, 0.25) is 0 Å². The molecule has 0 aliphatic carbocycles. The second kappa shape index (κ2) is 8.39. The van der Waals surface area contributed by atoms with Crippen molar-refractivity contribution in [2.75, 3.05) is 36.4 Å². The van der Waals surface area contributed by atoms with Crippen LogP contribution < -0.4 is 10.2 Å². The lowest BCUT2D eigenvalue weighted by Gasteiger charge is -2.38. The van der Waals surface area contributed by atoms with E-state index in [4.69, 9.17) is 0 Å². The highest BCUT2D eigenvalue weighted by molar-refractivity contribution is 5.93. The standard InChI is InChI=1S/C19H26N6O3/c1-14(2)24-18(8-9-20-24)21-19(26)15(3)22-10-12-23(13-11-22)16-4-6-17(7-5-16)25(27)28/h4-9,14-15H,10-13H2,1-3H3,(H,21,26). The highest BCUT2D eigenvalue weighted by Crippen LogP contribution is 2.21. The average Bonchev–Trinajstić information content (AvgIpc) is 3.16. The molecule has 1 aliphatic rings. The first-order valence-electron chi connectivity index (χ1n) is 9.44. The van der Waals surface area contributed by atoms with Crippen molar-refractivity contribution in [1.29, 1.82) is 0 Å². The Kier molecular flexibility index (Phi) is 5.93. The van der Waals surface area contributed by atoms with Crippen LogP contribution in [-0.2, 0) is 4.79 Å². The summed E-state index contributed by atoms with van der Waals surface area (Å²) in [6.45, 7) is 8.96. The molecule has 0 spiro atoms. The van der Waals surface area contributed by atoms with Gasteiger partial charge >= 0.3 is 0 Å². The number of aromatic nitrogens is 2. The second-order valence-corrected chi connectivity index (χ2v) is 7.22. The molecule has 0 saturated carbocycles. The van der Waals surface area contributed by atoms with Crippen molar-refractivity contribution < 1.29 is 9.72 Å². The molecule has 1 aromatic heterocycles. The third-order valence-corrected chi connectivity index (χ3v) is 5.08. The van der Waals surface area contributed by atoms with Gasteiger partial charge in [-0.25, -0.2) is 4.68 Å². The number of piperazine rings is 1. The van der Waals surface area contributed by atoms with Crippen LogP contribution in [0.4, 0.5) is 17.2 Å². The summed E-state index contributed by atoms with van der Waals surface area (Å²) in [6, 6.07) is 8.32. The van der Waals surface area contributed by atoms with Gasteiger partial charge in [-0.1, -0.05) is 0 Å². The first kappa shape index (κ1) is 19.8. The second-order valence-electron chi connectivity index (χ2n) is 7.22. The Morgan fingerprint density at radius 2 is 1.75 bits per heavy atom. The van der Waals surface area contributed by atoms with Gasteiger partial charge in [-0.2, -0.15) is 5.10 Å². The van der Waals surface area contributed by atoms with Crippen molar-refractivity contribution in [3.05, 3.63) is 46.6 Å². The normalized spacial score (nSPS) is 16.2. The number of rotatable bonds is 6. The summed E-state index contributed by atoms with van der Waals surface area (Å²) >= 11 is 0. The van der Waals surface area contributed by atoms with E-state index in [1.165, 1.54) is 12.1 Å². The zero-order valence-corrected chi connectivity index (χ0v) is 16.4. The van der Waals surface area contributed by atoms with Gasteiger partial charge in [-0.05, 0) is 32.9 Å². The van der Waals surface area contributed by atoms with Crippen molar-refractivity contribution in [3.63, 3.8) is 0 Å². The van der Waals surface area contributed by atoms with Gasteiger partial charge in [0, 0.05) is 56.1 Å². The molecule has 2 heterocycles. The Labute approximate surface area is 164 Å². The Bertz CT molecular complexity index is 824. The fourth-order valence-corrected chi connectivity index (χ4v) is 3.37. The number of nitrogens with zero attached hydrogens (tertiary/aromatic N) is 5. The van der Waals surface area contributed by atoms with E-state index < -0.39 is 4.92 Å². The quantitative estimate of drug-likeness (QED) is 0.605. The van der Waals surface area contributed by atoms with Crippen molar-refractivity contribution in [2.24, 2.45) is 0 Å². The van der Waals surface area contributed by atoms with E-state index in [2.05, 4.69) is 20.2 Å². The van der Waals surface area contributed by atoms with Gasteiger partial charge in [0.1, 0.15) is 5.82 Å². The molecule has 1 saturated heterocycles. The fourth-order valence-electron chi connectivity index (χ4n) is 3.37. The number of hydrogen-bond acceptors (Lipinski definition) is 6. The molecule has 28 heavy (non-hydrogen) atoms. The number of benzene rings is 1. The third-order valence-electron chi connectivity index (χ3n) is 5.08. The molecule has 1 aliphatic heterocycles. The Balaban J connectivity index is 1.55. The first-order chi connectivity index (χ1) is 13.4. The van der Waals surface area contributed by atoms with Crippen LogP contribution >= 0.6 is 0 Å². The predicted molar refractivity (Wildman–Crippen MR) is 108 cm³/mol. The van der Waals surface area contributed by atoms with Crippen molar-refractivity contribution in [3.8, 4) is 0 Å². The number of nitro groups is 1. The molecule has 0 radical (unpaired) electrons. The summed E-state index contributed by atoms with van der Waals surface area (Å²) in [5.41, 5.74) is 1.05. The molecule has 3 rings (SSSR count). The highest BCUT2D eigenvalue weighted by Gasteiger charge is 2.26. The maximum Gasteiger partial charge on any atom is 0.269 e. The fraction of sp³-hybridized carbons (Fsp3) is 0.474. The van der Waals surface area contributed by atoms with Crippen LogP contribution in [0.1, 0.15) is 26.8 Å². The van der Waals surface area contributed by atoms with E-state index in [-0.39, 0.29) is 23.7 Å². The van der Waals surface area contributed by atoms with Gasteiger partial charge in [-0.3, -0.25) is 19.8 Å². The van der Waals surface area contributed by atoms with Crippen LogP contribution in [0.3, 0.4) is 0 Å². The molecule has 0 bridgehead atoms. The number of carbonyl (C=O) groups is 1. The Morgan fingerprint density at radius 1 is 1.11 bits per heavy atom. The number of anilines is 2. The van der Waals surface area contributed by atoms with E-state index in [0.29, 0.717) is 5.82 Å². The van der Waals surface area contributed by atoms with Gasteiger partial charge in [0.25, 0.3) is 5.69 Å². The molecule has 9 heteroatoms. The van der Waals surface area contributed by atoms with E-state index in [1.807, 2.05) is 20.8 Å². The molecule has 150 valence electrons. The van der Waals surface area contributed by atoms with Crippen LogP contribution in [0.25, 0.3) is 0 Å². The zero-order chi connectivity index (χ0) is 20.3.